The summed E-state index contributed by atoms with van der Waals surface area (Å²) in [6, 6.07) is 1.22. The zero-order chi connectivity index (χ0) is 51.0. The Hall–Kier alpha value is -2.92. The largest absolute Gasteiger partial charge is 0.481 e. The molecule has 24 heteroatoms. The van der Waals surface area contributed by atoms with Gasteiger partial charge in [0.05, 0.1) is 25.4 Å². The van der Waals surface area contributed by atoms with Gasteiger partial charge in [0.1, 0.15) is 43.1 Å². The van der Waals surface area contributed by atoms with Crippen molar-refractivity contribution in [1.29, 1.82) is 0 Å². The molecular formula is C45H77N3O19P2. The number of allylic oxidation sites excluding steroid dienone is 2. The van der Waals surface area contributed by atoms with Crippen LogP contribution < -0.4 is 11.4 Å². The van der Waals surface area contributed by atoms with E-state index in [0.29, 0.717) is 25.2 Å². The Kier molecular flexibility index (Phi) is 27.6. The van der Waals surface area contributed by atoms with Crippen molar-refractivity contribution in [2.24, 2.45) is 11.8 Å². The molecule has 12 atom stereocenters. The summed E-state index contributed by atoms with van der Waals surface area (Å²) in [6.07, 6.45) is 1.74. The molecule has 2 aliphatic rings. The summed E-state index contributed by atoms with van der Waals surface area (Å²) in [5, 5.41) is 56.7. The predicted octanol–water partition coefficient (Wildman–Crippen LogP) is 5.02. The van der Waals surface area contributed by atoms with E-state index in [9.17, 15) is 58.8 Å². The number of hydrogen-bond donors (Lipinski definition) is 8. The number of aromatic nitrogens is 2. The number of carbonyl (C=O) groups excluding carboxylic acids is 2. The van der Waals surface area contributed by atoms with Crippen LogP contribution in [0.25, 0.3) is 0 Å². The monoisotopic (exact) mass is 1030 g/mol. The number of hydrogen-bond acceptors (Lipinski definition) is 19. The minimum atomic E-state index is -5.72. The number of phosphoric ester groups is 2. The van der Waals surface area contributed by atoms with Gasteiger partial charge in [-0.15, -0.1) is 0 Å². The Morgan fingerprint density at radius 2 is 1.59 bits per heavy atom. The van der Waals surface area contributed by atoms with Gasteiger partial charge in [-0.3, -0.25) is 23.2 Å². The van der Waals surface area contributed by atoms with E-state index >= 15 is 0 Å². The molecule has 0 spiro atoms. The molecule has 1 aromatic rings. The minimum absolute atomic E-state index is 0.0731. The van der Waals surface area contributed by atoms with Gasteiger partial charge in [-0.25, -0.2) is 13.9 Å². The first-order valence-electron chi connectivity index (χ1n) is 24.1. The average Bonchev–Trinajstić information content (AvgIpc) is 3.28. The molecule has 1 fully saturated rings. The number of fused-ring (bicyclic) bond motifs is 3. The van der Waals surface area contributed by atoms with Gasteiger partial charge in [0.2, 0.25) is 0 Å². The molecule has 0 radical (unpaired) electrons. The number of phosphoric acid groups is 2. The predicted molar refractivity (Wildman–Crippen MR) is 251 cm³/mol. The molecule has 1 saturated heterocycles. The van der Waals surface area contributed by atoms with E-state index in [1.54, 1.807) is 12.2 Å². The van der Waals surface area contributed by atoms with Crippen LogP contribution in [0.4, 0.5) is 5.82 Å². The van der Waals surface area contributed by atoms with E-state index in [2.05, 4.69) is 23.1 Å². The van der Waals surface area contributed by atoms with E-state index in [1.807, 2.05) is 6.92 Å². The Morgan fingerprint density at radius 1 is 0.928 bits per heavy atom. The SMILES string of the molecule is CCCCC[C@H](O)/C=C/[C@H]1OC(O)C[C@H](O)[C@@H]2CC=CCCCC(=O)O[C@H](COC(=O)CCCCCCCCCC(C)C)COP(=O)(O)OP(=O)(O)OC[C@@H](O[C@H]2n2ccc(N)nc2=O)[C@@H](O)[C@H]1O. The second-order valence-corrected chi connectivity index (χ2v) is 21.0. The van der Waals surface area contributed by atoms with Crippen molar-refractivity contribution in [3.05, 3.63) is 47.1 Å². The van der Waals surface area contributed by atoms with Gasteiger partial charge in [0.15, 0.2) is 12.4 Å². The highest BCUT2D eigenvalue weighted by Crippen LogP contribution is 2.60. The lowest BCUT2D eigenvalue weighted by atomic mass is 9.92. The third-order valence-corrected chi connectivity index (χ3v) is 14.1. The van der Waals surface area contributed by atoms with E-state index in [4.69, 9.17) is 33.7 Å². The van der Waals surface area contributed by atoms with Crippen LogP contribution in [0, 0.1) is 11.8 Å². The van der Waals surface area contributed by atoms with Crippen molar-refractivity contribution in [3.8, 4) is 0 Å². The number of unbranched alkanes of at least 4 members (excludes halogenated alkanes) is 8. The number of ether oxygens (including phenoxy) is 4. The number of nitrogens with zero attached hydrogens (tertiary/aromatic N) is 2. The fourth-order valence-corrected chi connectivity index (χ4v) is 9.76. The van der Waals surface area contributed by atoms with Gasteiger partial charge in [0.25, 0.3) is 0 Å². The summed E-state index contributed by atoms with van der Waals surface area (Å²) in [5.74, 6) is -2.17. The highest BCUT2D eigenvalue weighted by Gasteiger charge is 2.44. The van der Waals surface area contributed by atoms with Crippen LogP contribution in [0.5, 0.6) is 0 Å². The smallest absolute Gasteiger partial charge is 0.462 e. The molecule has 9 N–H and O–H groups in total. The first-order chi connectivity index (χ1) is 32.7. The minimum Gasteiger partial charge on any atom is -0.462 e. The second kappa shape index (κ2) is 31.5. The summed E-state index contributed by atoms with van der Waals surface area (Å²) in [4.78, 5) is 63.9. The van der Waals surface area contributed by atoms with E-state index in [0.717, 1.165) is 55.7 Å². The number of cyclic esters (lactones) is 1. The van der Waals surface area contributed by atoms with Crippen LogP contribution in [-0.4, -0.2) is 126 Å². The number of aliphatic hydroxyl groups excluding tert-OH is 5. The van der Waals surface area contributed by atoms with Crippen LogP contribution in [0.3, 0.4) is 0 Å². The molecular weight excluding hydrogens is 948 g/mol. The zero-order valence-corrected chi connectivity index (χ0v) is 41.8. The maximum atomic E-state index is 13.3. The molecule has 2 bridgehead atoms. The van der Waals surface area contributed by atoms with Crippen LogP contribution in [0.15, 0.2) is 41.4 Å². The number of rotatable bonds is 19. The number of aliphatic hydroxyl groups is 5. The van der Waals surface area contributed by atoms with E-state index < -0.39 is 121 Å². The van der Waals surface area contributed by atoms with Gasteiger partial charge < -0.3 is 60.0 Å². The van der Waals surface area contributed by atoms with Gasteiger partial charge in [-0.1, -0.05) is 109 Å². The quantitative estimate of drug-likeness (QED) is 0.0390. The van der Waals surface area contributed by atoms with Gasteiger partial charge >= 0.3 is 33.3 Å². The standard InChI is InChI=1S/C45H77N3O19P2/c1-4-5-13-19-32(49)23-24-36-42(54)43(55)37-30-63-69(59,60)67-68(57,58)62-29-33(28-61-39(51)21-16-10-8-6-7-9-14-18-31(2)3)64-40(52)22-17-12-11-15-20-34(35(50)27-41(53)65-36)44(66-37)48-26-25-38(46)47-45(48)56/h11,15,23-26,31-37,41-44,49-50,53-55H,4-10,12-14,16-22,27-30H2,1-3H3,(H,57,58)(H,59,60)(H2,46,47,56)/b15-11?,24-23+/t32-,33+,34-,35-,36+,37+,41?,42-,43+,44+/m0/s1. The van der Waals surface area contributed by atoms with Crippen LogP contribution in [-0.2, 0) is 51.0 Å². The molecule has 0 aliphatic carbocycles. The molecule has 3 rings (SSSR count). The molecule has 3 unspecified atom stereocenters. The summed E-state index contributed by atoms with van der Waals surface area (Å²) in [5.41, 5.74) is 4.74. The lowest BCUT2D eigenvalue weighted by molar-refractivity contribution is -0.192. The Bertz CT molecular complexity index is 1890. The lowest BCUT2D eigenvalue weighted by Gasteiger charge is -2.36. The number of esters is 2. The summed E-state index contributed by atoms with van der Waals surface area (Å²) in [6.45, 7) is 3.62. The third kappa shape index (κ3) is 23.9. The summed E-state index contributed by atoms with van der Waals surface area (Å²) in [7, 11) is -11.3. The van der Waals surface area contributed by atoms with Crippen LogP contribution >= 0.6 is 15.6 Å². The fourth-order valence-electron chi connectivity index (χ4n) is 7.65. The number of nitrogens with two attached hydrogens (primary N) is 1. The normalized spacial score (nSPS) is 31.2. The van der Waals surface area contributed by atoms with Gasteiger partial charge in [0, 0.05) is 31.4 Å². The highest BCUT2D eigenvalue weighted by molar-refractivity contribution is 7.61. The average molecular weight is 1030 g/mol. The van der Waals surface area contributed by atoms with E-state index in [1.165, 1.54) is 31.1 Å². The topological polar surface area (TPSA) is 335 Å². The summed E-state index contributed by atoms with van der Waals surface area (Å²) >= 11 is 0. The summed E-state index contributed by atoms with van der Waals surface area (Å²) < 4.78 is 64.5. The lowest BCUT2D eigenvalue weighted by Crippen LogP contribution is -2.49. The second-order valence-electron chi connectivity index (χ2n) is 18.0. The Morgan fingerprint density at radius 3 is 2.28 bits per heavy atom. The first kappa shape index (κ1) is 60.4. The molecule has 0 amide bonds. The van der Waals surface area contributed by atoms with E-state index in [-0.39, 0.29) is 37.9 Å². The molecule has 2 aliphatic heterocycles. The fraction of sp³-hybridized carbons (Fsp3) is 0.778. The number of carbonyl (C=O) groups is 2. The van der Waals surface area contributed by atoms with Crippen molar-refractivity contribution < 1.29 is 86.3 Å². The van der Waals surface area contributed by atoms with Crippen molar-refractivity contribution in [2.45, 2.75) is 192 Å². The number of anilines is 1. The maximum Gasteiger partial charge on any atom is 0.481 e. The molecule has 1 aromatic heterocycles. The first-order valence-corrected chi connectivity index (χ1v) is 27.1. The van der Waals surface area contributed by atoms with Gasteiger partial charge in [-0.2, -0.15) is 9.29 Å². The third-order valence-electron chi connectivity index (χ3n) is 11.5. The number of nitrogen functional groups attached to an aromatic ring is 1. The molecule has 396 valence electrons. The molecule has 22 nitrogen and oxygen atoms in total. The molecule has 69 heavy (non-hydrogen) atoms. The highest BCUT2D eigenvalue weighted by atomic mass is 31.3. The molecule has 0 aromatic carbocycles. The van der Waals surface area contributed by atoms with Crippen molar-refractivity contribution in [2.75, 3.05) is 25.6 Å². The van der Waals surface area contributed by atoms with Crippen molar-refractivity contribution in [1.82, 2.24) is 9.55 Å². The molecule has 0 saturated carbocycles. The van der Waals surface area contributed by atoms with Crippen LogP contribution in [0.2, 0.25) is 0 Å². The van der Waals surface area contributed by atoms with Crippen LogP contribution in [0.1, 0.15) is 143 Å². The maximum absolute atomic E-state index is 13.3. The Labute approximate surface area is 404 Å². The zero-order valence-electron chi connectivity index (χ0n) is 40.1. The van der Waals surface area contributed by atoms with Crippen molar-refractivity contribution in [3.63, 3.8) is 0 Å². The van der Waals surface area contributed by atoms with Gasteiger partial charge in [-0.05, 0) is 44.1 Å². The molecule has 3 heterocycles. The Balaban J connectivity index is 1.91. The van der Waals surface area contributed by atoms with Crippen molar-refractivity contribution >= 4 is 33.4 Å².